The summed E-state index contributed by atoms with van der Waals surface area (Å²) in [4.78, 5) is 7.28. The van der Waals surface area contributed by atoms with Crippen molar-refractivity contribution >= 4 is 28.2 Å². The number of pyridine rings is 1. The van der Waals surface area contributed by atoms with E-state index in [1.54, 1.807) is 7.11 Å². The molecular weight excluding hydrogens is 428 g/mol. The summed E-state index contributed by atoms with van der Waals surface area (Å²) >= 11 is 5.89. The van der Waals surface area contributed by atoms with Gasteiger partial charge in [0, 0.05) is 30.2 Å². The highest BCUT2D eigenvalue weighted by molar-refractivity contribution is 7.80. The molecule has 1 saturated carbocycles. The van der Waals surface area contributed by atoms with Crippen molar-refractivity contribution in [1.82, 2.24) is 20.5 Å². The largest absolute Gasteiger partial charge is 0.497 e. The van der Waals surface area contributed by atoms with Crippen LogP contribution in [-0.4, -0.2) is 47.3 Å². The first-order valence-corrected chi connectivity index (χ1v) is 12.9. The van der Waals surface area contributed by atoms with Crippen LogP contribution in [0.1, 0.15) is 56.6 Å². The summed E-state index contributed by atoms with van der Waals surface area (Å²) in [6.45, 7) is 6.34. The van der Waals surface area contributed by atoms with Gasteiger partial charge in [0.05, 0.1) is 18.7 Å². The molecule has 1 aliphatic carbocycles. The molecule has 0 amide bonds. The number of nitrogens with zero attached hydrogens (tertiary/aromatic N) is 2. The third-order valence-electron chi connectivity index (χ3n) is 8.08. The van der Waals surface area contributed by atoms with Crippen molar-refractivity contribution < 1.29 is 4.74 Å². The Morgan fingerprint density at radius 1 is 1.24 bits per heavy atom. The lowest BCUT2D eigenvalue weighted by Gasteiger charge is -2.52. The second-order valence-electron chi connectivity index (χ2n) is 9.96. The van der Waals surface area contributed by atoms with Crippen molar-refractivity contribution in [2.24, 2.45) is 11.8 Å². The zero-order chi connectivity index (χ0) is 22.8. The number of fused-ring (bicyclic) bond motifs is 4. The highest BCUT2D eigenvalue weighted by Gasteiger charge is 2.43. The molecule has 3 aliphatic heterocycles. The van der Waals surface area contributed by atoms with Gasteiger partial charge in [0.25, 0.3) is 0 Å². The molecule has 3 saturated heterocycles. The van der Waals surface area contributed by atoms with Gasteiger partial charge in [0.2, 0.25) is 0 Å². The molecule has 6 rings (SSSR count). The van der Waals surface area contributed by atoms with Crippen LogP contribution < -0.4 is 15.4 Å². The van der Waals surface area contributed by atoms with Gasteiger partial charge in [0.15, 0.2) is 5.11 Å². The first kappa shape index (κ1) is 22.6. The molecule has 0 radical (unpaired) electrons. The molecule has 33 heavy (non-hydrogen) atoms. The molecule has 4 aliphatic rings. The zero-order valence-electron chi connectivity index (χ0n) is 19.6. The van der Waals surface area contributed by atoms with E-state index in [1.165, 1.54) is 44.1 Å². The molecule has 5 nitrogen and oxygen atoms in total. The van der Waals surface area contributed by atoms with E-state index in [1.807, 2.05) is 18.3 Å². The van der Waals surface area contributed by atoms with Crippen LogP contribution in [0.3, 0.4) is 0 Å². The van der Waals surface area contributed by atoms with Gasteiger partial charge in [-0.3, -0.25) is 9.88 Å². The Kier molecular flexibility index (Phi) is 6.84. The van der Waals surface area contributed by atoms with Gasteiger partial charge >= 0.3 is 0 Å². The van der Waals surface area contributed by atoms with Gasteiger partial charge in [-0.2, -0.15) is 0 Å². The normalized spacial score (nSPS) is 28.3. The Hall–Kier alpha value is -2.18. The summed E-state index contributed by atoms with van der Waals surface area (Å²) in [5.41, 5.74) is 2.24. The van der Waals surface area contributed by atoms with Crippen LogP contribution in [0.2, 0.25) is 0 Å². The maximum atomic E-state index is 5.89. The van der Waals surface area contributed by atoms with E-state index in [-0.39, 0.29) is 6.04 Å². The third-order valence-corrected chi connectivity index (χ3v) is 8.32. The molecular formula is C27H36N4OS. The summed E-state index contributed by atoms with van der Waals surface area (Å²) in [6, 6.07) is 9.29. The van der Waals surface area contributed by atoms with Crippen molar-refractivity contribution in [2.45, 2.75) is 63.1 Å². The minimum Gasteiger partial charge on any atom is -0.497 e. The van der Waals surface area contributed by atoms with Crippen molar-refractivity contribution in [2.75, 3.05) is 20.2 Å². The summed E-state index contributed by atoms with van der Waals surface area (Å²) < 4.78 is 5.55. The first-order chi connectivity index (χ1) is 16.2. The number of methoxy groups -OCH3 is 1. The Labute approximate surface area is 203 Å². The molecule has 1 aromatic heterocycles. The predicted molar refractivity (Wildman–Crippen MR) is 139 cm³/mol. The topological polar surface area (TPSA) is 49.4 Å². The van der Waals surface area contributed by atoms with Crippen LogP contribution in [0.4, 0.5) is 0 Å². The van der Waals surface area contributed by atoms with Gasteiger partial charge in [-0.05, 0) is 86.1 Å². The highest BCUT2D eigenvalue weighted by atomic mass is 32.1. The van der Waals surface area contributed by atoms with E-state index in [2.05, 4.69) is 45.3 Å². The first-order valence-electron chi connectivity index (χ1n) is 12.5. The smallest absolute Gasteiger partial charge is 0.167 e. The third kappa shape index (κ3) is 4.73. The fourth-order valence-electron chi connectivity index (χ4n) is 6.27. The Bertz CT molecular complexity index is 1000. The molecule has 2 bridgehead atoms. The maximum absolute atomic E-state index is 5.89. The number of rotatable bonds is 6. The van der Waals surface area contributed by atoms with E-state index in [9.17, 15) is 0 Å². The number of piperidine rings is 3. The monoisotopic (exact) mass is 464 g/mol. The molecule has 6 heteroatoms. The average molecular weight is 465 g/mol. The van der Waals surface area contributed by atoms with Crippen molar-refractivity contribution in [1.29, 1.82) is 0 Å². The Morgan fingerprint density at radius 2 is 2.09 bits per heavy atom. The Morgan fingerprint density at radius 3 is 2.82 bits per heavy atom. The number of aromatic nitrogens is 1. The van der Waals surface area contributed by atoms with Crippen LogP contribution >= 0.6 is 12.2 Å². The fraction of sp³-hybridized carbons (Fsp3) is 0.556. The van der Waals surface area contributed by atoms with Crippen LogP contribution in [0.15, 0.2) is 43.1 Å². The SMILES string of the molecule is C=CC1CN2CCC1CC2C(NC(=S)NC1CCCCC1)c1ccnc2ccc(OC)cc12. The molecule has 2 N–H and O–H groups in total. The van der Waals surface area contributed by atoms with Gasteiger partial charge in [-0.25, -0.2) is 0 Å². The van der Waals surface area contributed by atoms with Crippen molar-refractivity contribution in [3.05, 3.63) is 48.7 Å². The highest BCUT2D eigenvalue weighted by Crippen LogP contribution is 2.42. The van der Waals surface area contributed by atoms with Gasteiger partial charge in [-0.1, -0.05) is 25.3 Å². The number of nitrogens with one attached hydrogen (secondary N) is 2. The quantitative estimate of drug-likeness (QED) is 0.465. The van der Waals surface area contributed by atoms with Crippen LogP contribution in [0.25, 0.3) is 10.9 Å². The lowest BCUT2D eigenvalue weighted by molar-refractivity contribution is 0.00426. The number of hydrogen-bond acceptors (Lipinski definition) is 4. The van der Waals surface area contributed by atoms with Gasteiger partial charge in [0.1, 0.15) is 5.75 Å². The predicted octanol–water partition coefficient (Wildman–Crippen LogP) is 4.98. The number of benzene rings is 1. The summed E-state index contributed by atoms with van der Waals surface area (Å²) in [5.74, 6) is 2.15. The zero-order valence-corrected chi connectivity index (χ0v) is 20.4. The van der Waals surface area contributed by atoms with E-state index >= 15 is 0 Å². The van der Waals surface area contributed by atoms with E-state index in [0.717, 1.165) is 41.3 Å². The van der Waals surface area contributed by atoms with Crippen LogP contribution in [-0.2, 0) is 0 Å². The lowest BCUT2D eigenvalue weighted by atomic mass is 9.73. The fourth-order valence-corrected chi connectivity index (χ4v) is 6.56. The number of thiocarbonyl (C=S) groups is 1. The standard InChI is InChI=1S/C27H36N4OS/c1-3-18-17-31-14-12-19(18)15-25(31)26(30-27(33)29-20-7-5-4-6-8-20)22-11-13-28-24-10-9-21(32-2)16-23(22)24/h3,9-11,13,16,18-20,25-26H,1,4-8,12,14-15,17H2,2H3,(H2,29,30,33). The van der Waals surface area contributed by atoms with E-state index in [0.29, 0.717) is 23.9 Å². The van der Waals surface area contributed by atoms with E-state index < -0.39 is 0 Å². The lowest BCUT2D eigenvalue weighted by Crippen LogP contribution is -2.58. The molecule has 176 valence electrons. The minimum atomic E-state index is 0.0970. The number of hydrogen-bond donors (Lipinski definition) is 2. The second-order valence-corrected chi connectivity index (χ2v) is 10.4. The molecule has 1 aromatic carbocycles. The van der Waals surface area contributed by atoms with Gasteiger partial charge in [-0.15, -0.1) is 6.58 Å². The van der Waals surface area contributed by atoms with Gasteiger partial charge < -0.3 is 15.4 Å². The summed E-state index contributed by atoms with van der Waals surface area (Å²) in [7, 11) is 1.72. The molecule has 4 heterocycles. The minimum absolute atomic E-state index is 0.0970. The second kappa shape index (κ2) is 9.98. The molecule has 5 atom stereocenters. The van der Waals surface area contributed by atoms with Crippen LogP contribution in [0.5, 0.6) is 5.75 Å². The average Bonchev–Trinajstić information content (AvgIpc) is 2.87. The summed E-state index contributed by atoms with van der Waals surface area (Å²) in [6.07, 6.45) is 12.9. The maximum Gasteiger partial charge on any atom is 0.167 e. The molecule has 0 spiro atoms. The van der Waals surface area contributed by atoms with Crippen molar-refractivity contribution in [3.8, 4) is 5.75 Å². The van der Waals surface area contributed by atoms with Crippen molar-refractivity contribution in [3.63, 3.8) is 0 Å². The van der Waals surface area contributed by atoms with Crippen LogP contribution in [0, 0.1) is 11.8 Å². The Balaban J connectivity index is 1.47. The number of ether oxygens (including phenoxy) is 1. The summed E-state index contributed by atoms with van der Waals surface area (Å²) in [5, 5.41) is 9.34. The molecule has 4 fully saturated rings. The molecule has 5 unspecified atom stereocenters. The van der Waals surface area contributed by atoms with E-state index in [4.69, 9.17) is 17.0 Å². The molecule has 2 aromatic rings.